The maximum absolute atomic E-state index is 10.5. The lowest BCUT2D eigenvalue weighted by atomic mass is 9.72. The van der Waals surface area contributed by atoms with Gasteiger partial charge in [0, 0.05) is 9.79 Å². The van der Waals surface area contributed by atoms with Gasteiger partial charge in [-0.15, -0.1) is 0 Å². The molecule has 3 rings (SSSR count). The second kappa shape index (κ2) is 4.59. The molecule has 0 bridgehead atoms. The Kier molecular flexibility index (Phi) is 2.93. The topological polar surface area (TPSA) is 49.7 Å². The minimum Gasteiger partial charge on any atom is -0.425 e. The molecule has 0 aromatic heterocycles. The molecule has 0 saturated carbocycles. The second-order valence-electron chi connectivity index (χ2n) is 4.19. The summed E-state index contributed by atoms with van der Waals surface area (Å²) in [5.41, 5.74) is 2.85. The van der Waals surface area contributed by atoms with E-state index in [4.69, 9.17) is 0 Å². The van der Waals surface area contributed by atoms with Gasteiger partial charge in [-0.05, 0) is 35.1 Å². The molecular weight excluding hydrogens is 245 g/mol. The Morgan fingerprint density at radius 2 is 1.89 bits per heavy atom. The predicted molar refractivity (Wildman–Crippen MR) is 73.2 cm³/mol. The van der Waals surface area contributed by atoms with Gasteiger partial charge in [0.25, 0.3) is 0 Å². The SMILES string of the molecule is O=NB(O)c1cccc2c1Cc1ccccc1S2. The van der Waals surface area contributed by atoms with Crippen LogP contribution >= 0.6 is 11.8 Å². The van der Waals surface area contributed by atoms with E-state index in [2.05, 4.69) is 17.2 Å². The number of hydrogen-bond donors (Lipinski definition) is 1. The smallest absolute Gasteiger partial charge is 0.425 e. The molecular formula is C13H10BNO2S. The third-order valence-corrected chi connectivity index (χ3v) is 4.33. The molecule has 0 atom stereocenters. The summed E-state index contributed by atoms with van der Waals surface area (Å²) in [4.78, 5) is 12.9. The summed E-state index contributed by atoms with van der Waals surface area (Å²) in [7, 11) is -1.27. The van der Waals surface area contributed by atoms with Crippen molar-refractivity contribution in [1.29, 1.82) is 0 Å². The number of nitrogens with zero attached hydrogens (tertiary/aromatic N) is 1. The molecule has 1 aliphatic heterocycles. The molecule has 0 saturated heterocycles. The van der Waals surface area contributed by atoms with Gasteiger partial charge in [0.1, 0.15) is 0 Å². The average molecular weight is 255 g/mol. The summed E-state index contributed by atoms with van der Waals surface area (Å²) >= 11 is 1.67. The van der Waals surface area contributed by atoms with Crippen molar-refractivity contribution in [1.82, 2.24) is 0 Å². The van der Waals surface area contributed by atoms with Crippen LogP contribution in [0.15, 0.2) is 57.3 Å². The van der Waals surface area contributed by atoms with E-state index in [-0.39, 0.29) is 0 Å². The third-order valence-electron chi connectivity index (χ3n) is 3.11. The van der Waals surface area contributed by atoms with Crippen LogP contribution in [-0.2, 0) is 6.42 Å². The molecule has 1 aliphatic rings. The predicted octanol–water partition coefficient (Wildman–Crippen LogP) is 2.20. The van der Waals surface area contributed by atoms with Crippen molar-refractivity contribution in [2.45, 2.75) is 16.2 Å². The molecule has 0 fully saturated rings. The molecule has 5 heteroatoms. The summed E-state index contributed by atoms with van der Waals surface area (Å²) in [5.74, 6) is 0. The van der Waals surface area contributed by atoms with Crippen LogP contribution in [0.25, 0.3) is 0 Å². The van der Waals surface area contributed by atoms with Gasteiger partial charge in [-0.1, -0.05) is 47.2 Å². The van der Waals surface area contributed by atoms with Crippen molar-refractivity contribution in [3.63, 3.8) is 0 Å². The molecule has 88 valence electrons. The summed E-state index contributed by atoms with van der Waals surface area (Å²) in [6.07, 6.45) is 0.737. The lowest BCUT2D eigenvalue weighted by Gasteiger charge is -2.21. The van der Waals surface area contributed by atoms with E-state index in [1.807, 2.05) is 24.3 Å². The van der Waals surface area contributed by atoms with Crippen LogP contribution in [0.3, 0.4) is 0 Å². The Morgan fingerprint density at radius 3 is 2.72 bits per heavy atom. The molecule has 2 aromatic rings. The van der Waals surface area contributed by atoms with Gasteiger partial charge < -0.3 is 5.02 Å². The monoisotopic (exact) mass is 255 g/mol. The fourth-order valence-corrected chi connectivity index (χ4v) is 3.34. The Labute approximate surface area is 109 Å². The molecule has 0 spiro atoms. The van der Waals surface area contributed by atoms with E-state index < -0.39 is 7.05 Å². The third kappa shape index (κ3) is 1.85. The van der Waals surface area contributed by atoms with E-state index in [1.165, 1.54) is 10.5 Å². The number of benzene rings is 2. The fourth-order valence-electron chi connectivity index (χ4n) is 2.22. The minimum atomic E-state index is -1.27. The lowest BCUT2D eigenvalue weighted by molar-refractivity contribution is 0.587. The van der Waals surface area contributed by atoms with Crippen LogP contribution in [0.1, 0.15) is 11.1 Å². The first-order valence-electron chi connectivity index (χ1n) is 5.67. The highest BCUT2D eigenvalue weighted by Gasteiger charge is 2.25. The van der Waals surface area contributed by atoms with Crippen LogP contribution in [-0.4, -0.2) is 12.1 Å². The molecule has 1 N–H and O–H groups in total. The maximum atomic E-state index is 10.5. The zero-order chi connectivity index (χ0) is 12.5. The molecule has 0 radical (unpaired) electrons. The first-order chi connectivity index (χ1) is 8.79. The number of rotatable bonds is 2. The van der Waals surface area contributed by atoms with Crippen molar-refractivity contribution in [3.8, 4) is 0 Å². The standard InChI is InChI=1S/C13H10BNO2S/c16-14(15-17)11-5-3-7-13-10(11)8-9-4-1-2-6-12(9)18-13/h1-7,16H,8H2. The van der Waals surface area contributed by atoms with Gasteiger partial charge in [-0.2, -0.15) is 4.91 Å². The number of nitroso groups, excluding NO2 is 1. The number of hydrogen-bond acceptors (Lipinski definition) is 4. The molecule has 2 aromatic carbocycles. The van der Waals surface area contributed by atoms with E-state index >= 15 is 0 Å². The van der Waals surface area contributed by atoms with E-state index in [0.717, 1.165) is 16.9 Å². The highest BCUT2D eigenvalue weighted by molar-refractivity contribution is 7.99. The summed E-state index contributed by atoms with van der Waals surface area (Å²) in [6.45, 7) is 0. The molecule has 3 nitrogen and oxygen atoms in total. The Bertz CT molecular complexity index is 618. The molecule has 0 unspecified atom stereocenters. The first kappa shape index (κ1) is 11.5. The second-order valence-corrected chi connectivity index (χ2v) is 5.27. The largest absolute Gasteiger partial charge is 0.517 e. The van der Waals surface area contributed by atoms with Gasteiger partial charge in [0.15, 0.2) is 0 Å². The Morgan fingerprint density at radius 1 is 1.11 bits per heavy atom. The highest BCUT2D eigenvalue weighted by Crippen LogP contribution is 2.38. The van der Waals surface area contributed by atoms with Crippen LogP contribution in [0.4, 0.5) is 0 Å². The first-order valence-corrected chi connectivity index (χ1v) is 6.49. The zero-order valence-electron chi connectivity index (χ0n) is 9.54. The minimum absolute atomic E-state index is 0.615. The van der Waals surface area contributed by atoms with Crippen LogP contribution in [0.2, 0.25) is 0 Å². The van der Waals surface area contributed by atoms with E-state index in [0.29, 0.717) is 5.46 Å². The quantitative estimate of drug-likeness (QED) is 0.564. The molecule has 0 amide bonds. The molecule has 18 heavy (non-hydrogen) atoms. The van der Waals surface area contributed by atoms with Crippen molar-refractivity contribution in [3.05, 3.63) is 58.5 Å². The average Bonchev–Trinajstić information content (AvgIpc) is 2.43. The van der Waals surface area contributed by atoms with Crippen LogP contribution < -0.4 is 5.46 Å². The van der Waals surface area contributed by atoms with Gasteiger partial charge in [0.05, 0.1) is 0 Å². The summed E-state index contributed by atoms with van der Waals surface area (Å²) in [6, 6.07) is 13.8. The summed E-state index contributed by atoms with van der Waals surface area (Å²) in [5, 5.41) is 12.4. The Hall–Kier alpha value is -1.59. The van der Waals surface area contributed by atoms with Crippen molar-refractivity contribution in [2.24, 2.45) is 5.09 Å². The highest BCUT2D eigenvalue weighted by atomic mass is 32.2. The van der Waals surface area contributed by atoms with Gasteiger partial charge in [-0.25, -0.2) is 0 Å². The number of fused-ring (bicyclic) bond motifs is 2. The lowest BCUT2D eigenvalue weighted by Crippen LogP contribution is -2.32. The van der Waals surface area contributed by atoms with Crippen LogP contribution in [0.5, 0.6) is 0 Å². The summed E-state index contributed by atoms with van der Waals surface area (Å²) < 4.78 is 0. The Balaban J connectivity index is 2.10. The fraction of sp³-hybridized carbons (Fsp3) is 0.0769. The van der Waals surface area contributed by atoms with Gasteiger partial charge in [-0.3, -0.25) is 0 Å². The van der Waals surface area contributed by atoms with E-state index in [9.17, 15) is 9.93 Å². The maximum Gasteiger partial charge on any atom is 0.517 e. The van der Waals surface area contributed by atoms with Gasteiger partial charge in [0.2, 0.25) is 0 Å². The normalized spacial score (nSPS) is 12.5. The van der Waals surface area contributed by atoms with Gasteiger partial charge >= 0.3 is 7.05 Å². The van der Waals surface area contributed by atoms with Crippen molar-refractivity contribution < 1.29 is 5.02 Å². The van der Waals surface area contributed by atoms with Crippen molar-refractivity contribution in [2.75, 3.05) is 0 Å². The van der Waals surface area contributed by atoms with Crippen LogP contribution in [0, 0.1) is 4.91 Å². The molecule has 0 aliphatic carbocycles. The van der Waals surface area contributed by atoms with Crippen molar-refractivity contribution >= 4 is 24.3 Å². The zero-order valence-corrected chi connectivity index (χ0v) is 10.4. The molecule has 1 heterocycles. The van der Waals surface area contributed by atoms with E-state index in [1.54, 1.807) is 17.8 Å².